The number of nitrogens with zero attached hydrogens (tertiary/aromatic N) is 2. The van der Waals surface area contributed by atoms with E-state index in [9.17, 15) is 8.42 Å². The number of benzene rings is 3. The number of sulfonamides is 1. The average molecular weight is 621 g/mol. The Labute approximate surface area is 262 Å². The number of likely N-dealkylation sites (tertiary alicyclic amines) is 1. The lowest BCUT2D eigenvalue weighted by atomic mass is 9.89. The molecule has 3 aromatic carbocycles. The van der Waals surface area contributed by atoms with Gasteiger partial charge in [-0.3, -0.25) is 9.62 Å². The van der Waals surface area contributed by atoms with Crippen molar-refractivity contribution in [3.63, 3.8) is 0 Å². The van der Waals surface area contributed by atoms with Gasteiger partial charge >= 0.3 is 0 Å². The summed E-state index contributed by atoms with van der Waals surface area (Å²) in [5.41, 5.74) is 3.06. The summed E-state index contributed by atoms with van der Waals surface area (Å²) >= 11 is 6.01. The third-order valence-corrected chi connectivity index (χ3v) is 9.43. The number of rotatable bonds is 11. The highest BCUT2D eigenvalue weighted by Crippen LogP contribution is 2.26. The van der Waals surface area contributed by atoms with E-state index in [1.54, 1.807) is 24.3 Å². The smallest absolute Gasteiger partial charge is 0.229 e. The summed E-state index contributed by atoms with van der Waals surface area (Å²) in [6.45, 7) is 4.82. The molecular weight excluding hydrogens is 577 g/mol. The molecule has 1 aliphatic carbocycles. The van der Waals surface area contributed by atoms with Crippen molar-refractivity contribution in [2.24, 2.45) is 5.92 Å². The normalized spacial score (nSPS) is 16.9. The van der Waals surface area contributed by atoms with Crippen LogP contribution in [-0.2, 0) is 23.1 Å². The molecule has 0 amide bonds. The number of nitrogens with one attached hydrogen (secondary N) is 2. The van der Waals surface area contributed by atoms with Crippen LogP contribution in [0, 0.1) is 5.92 Å². The fraction of sp³-hybridized carbons (Fsp3) is 0.441. The van der Waals surface area contributed by atoms with E-state index < -0.39 is 10.0 Å². The van der Waals surface area contributed by atoms with Crippen molar-refractivity contribution in [2.45, 2.75) is 64.1 Å². The van der Waals surface area contributed by atoms with E-state index in [-0.39, 0.29) is 0 Å². The van der Waals surface area contributed by atoms with Crippen molar-refractivity contribution in [3.05, 3.63) is 90.0 Å². The third-order valence-electron chi connectivity index (χ3n) is 8.44. The molecule has 0 radical (unpaired) electrons. The number of hydrogen-bond acceptors (Lipinski definition) is 5. The molecule has 2 fully saturated rings. The number of anilines is 1. The molecule has 43 heavy (non-hydrogen) atoms. The van der Waals surface area contributed by atoms with Crippen LogP contribution in [0.25, 0.3) is 0 Å². The molecule has 3 aromatic rings. The highest BCUT2D eigenvalue weighted by atomic mass is 32.2. The molecule has 2 N–H and O–H groups in total. The molecule has 5 rings (SSSR count). The summed E-state index contributed by atoms with van der Waals surface area (Å²) in [5, 5.41) is 4.57. The molecule has 1 saturated carbocycles. The van der Waals surface area contributed by atoms with Crippen molar-refractivity contribution >= 4 is 33.0 Å². The molecule has 1 aliphatic heterocycles. The summed E-state index contributed by atoms with van der Waals surface area (Å²) in [4.78, 5) is 4.97. The van der Waals surface area contributed by atoms with Gasteiger partial charge in [0, 0.05) is 44.5 Å². The Kier molecular flexibility index (Phi) is 10.9. The summed E-state index contributed by atoms with van der Waals surface area (Å²) < 4.78 is 31.2. The van der Waals surface area contributed by atoms with Gasteiger partial charge in [-0.1, -0.05) is 61.7 Å². The number of ether oxygens (including phenoxy) is 1. The van der Waals surface area contributed by atoms with Crippen LogP contribution < -0.4 is 14.8 Å². The Bertz CT molecular complexity index is 1400. The number of hydrogen-bond donors (Lipinski definition) is 2. The van der Waals surface area contributed by atoms with E-state index in [1.165, 1.54) is 43.2 Å². The van der Waals surface area contributed by atoms with E-state index in [0.29, 0.717) is 17.5 Å². The molecule has 1 heterocycles. The van der Waals surface area contributed by atoms with Crippen molar-refractivity contribution < 1.29 is 13.2 Å². The Hall–Kier alpha value is -3.14. The lowest BCUT2D eigenvalue weighted by molar-refractivity contribution is 0.143. The molecule has 0 unspecified atom stereocenters. The van der Waals surface area contributed by atoms with Crippen molar-refractivity contribution in [1.29, 1.82) is 0 Å². The maximum atomic E-state index is 11.4. The molecule has 2 aliphatic rings. The van der Waals surface area contributed by atoms with Gasteiger partial charge < -0.3 is 15.0 Å². The standard InChI is InChI=1S/C34H44N4O3S2/c1-43(39,40)36-30-14-18-33(19-15-30)41-32-16-12-29(13-17-32)25-37-22-20-31(21-23-37)38(26-28-10-6-3-7-11-28)34(42)35-24-27-8-4-2-5-9-27/h3,6-7,10-19,27,31,36H,2,4-5,8-9,20-26H2,1H3,(H,35,42). The molecule has 7 nitrogen and oxygen atoms in total. The minimum Gasteiger partial charge on any atom is -0.457 e. The second kappa shape index (κ2) is 15.0. The van der Waals surface area contributed by atoms with Crippen LogP contribution in [0.4, 0.5) is 5.69 Å². The van der Waals surface area contributed by atoms with Crippen molar-refractivity contribution in [1.82, 2.24) is 15.1 Å². The summed E-state index contributed by atoms with van der Waals surface area (Å²) in [7, 11) is -3.30. The Morgan fingerprint density at radius 1 is 0.860 bits per heavy atom. The first-order valence-electron chi connectivity index (χ1n) is 15.5. The molecule has 9 heteroatoms. The zero-order valence-corrected chi connectivity index (χ0v) is 26.7. The maximum absolute atomic E-state index is 11.4. The van der Waals surface area contributed by atoms with E-state index in [1.807, 2.05) is 12.1 Å². The van der Waals surface area contributed by atoms with Gasteiger partial charge in [0.05, 0.1) is 6.26 Å². The number of piperidine rings is 1. The summed E-state index contributed by atoms with van der Waals surface area (Å²) in [6, 6.07) is 26.2. The van der Waals surface area contributed by atoms with Gasteiger partial charge in [0.2, 0.25) is 10.0 Å². The fourth-order valence-electron chi connectivity index (χ4n) is 6.12. The van der Waals surface area contributed by atoms with Gasteiger partial charge in [0.15, 0.2) is 5.11 Å². The van der Waals surface area contributed by atoms with Crippen LogP contribution in [0.2, 0.25) is 0 Å². The summed E-state index contributed by atoms with van der Waals surface area (Å²) in [6.07, 6.45) is 10.0. The number of thiocarbonyl (C=S) groups is 1. The SMILES string of the molecule is CS(=O)(=O)Nc1ccc(Oc2ccc(CN3CCC(N(Cc4ccccc4)C(=S)NCC4CCCCC4)CC3)cc2)cc1. The highest BCUT2D eigenvalue weighted by Gasteiger charge is 2.27. The van der Waals surface area contributed by atoms with Gasteiger partial charge in [0.1, 0.15) is 11.5 Å². The van der Waals surface area contributed by atoms with Crippen LogP contribution >= 0.6 is 12.2 Å². The van der Waals surface area contributed by atoms with Crippen LogP contribution in [0.3, 0.4) is 0 Å². The van der Waals surface area contributed by atoms with Crippen LogP contribution in [0.1, 0.15) is 56.1 Å². The minimum atomic E-state index is -3.30. The summed E-state index contributed by atoms with van der Waals surface area (Å²) in [5.74, 6) is 2.14. The van der Waals surface area contributed by atoms with Crippen molar-refractivity contribution in [3.8, 4) is 11.5 Å². The van der Waals surface area contributed by atoms with Crippen LogP contribution in [0.15, 0.2) is 78.9 Å². The maximum Gasteiger partial charge on any atom is 0.229 e. The predicted octanol–water partition coefficient (Wildman–Crippen LogP) is 6.77. The van der Waals surface area contributed by atoms with Gasteiger partial charge in [0.25, 0.3) is 0 Å². The quantitative estimate of drug-likeness (QED) is 0.229. The first kappa shape index (κ1) is 31.3. The average Bonchev–Trinajstić information content (AvgIpc) is 3.01. The lowest BCUT2D eigenvalue weighted by Gasteiger charge is -2.40. The molecular formula is C34H44N4O3S2. The Balaban J connectivity index is 1.12. The molecule has 1 saturated heterocycles. The molecule has 0 bridgehead atoms. The van der Waals surface area contributed by atoms with E-state index in [4.69, 9.17) is 17.0 Å². The molecule has 0 aromatic heterocycles. The zero-order valence-electron chi connectivity index (χ0n) is 25.1. The lowest BCUT2D eigenvalue weighted by Crippen LogP contribution is -2.50. The van der Waals surface area contributed by atoms with Crippen LogP contribution in [-0.4, -0.2) is 55.3 Å². The van der Waals surface area contributed by atoms with Gasteiger partial charge in [-0.2, -0.15) is 0 Å². The molecule has 230 valence electrons. The van der Waals surface area contributed by atoms with Crippen molar-refractivity contribution in [2.75, 3.05) is 30.6 Å². The largest absolute Gasteiger partial charge is 0.457 e. The third kappa shape index (κ3) is 9.95. The monoisotopic (exact) mass is 620 g/mol. The first-order chi connectivity index (χ1) is 20.8. The van der Waals surface area contributed by atoms with Gasteiger partial charge in [-0.05, 0) is 91.3 Å². The van der Waals surface area contributed by atoms with Gasteiger partial charge in [-0.25, -0.2) is 8.42 Å². The first-order valence-corrected chi connectivity index (χ1v) is 17.8. The van der Waals surface area contributed by atoms with E-state index in [0.717, 1.165) is 68.6 Å². The second-order valence-corrected chi connectivity index (χ2v) is 14.1. The minimum absolute atomic E-state index is 0.428. The van der Waals surface area contributed by atoms with E-state index >= 15 is 0 Å². The topological polar surface area (TPSA) is 73.9 Å². The Morgan fingerprint density at radius 3 is 2.12 bits per heavy atom. The van der Waals surface area contributed by atoms with E-state index in [2.05, 4.69) is 62.3 Å². The molecule has 0 spiro atoms. The highest BCUT2D eigenvalue weighted by molar-refractivity contribution is 7.92. The second-order valence-electron chi connectivity index (χ2n) is 12.0. The van der Waals surface area contributed by atoms with Gasteiger partial charge in [-0.15, -0.1) is 0 Å². The van der Waals surface area contributed by atoms with Crippen LogP contribution in [0.5, 0.6) is 11.5 Å². The Morgan fingerprint density at radius 2 is 1.49 bits per heavy atom. The fourth-order valence-corrected chi connectivity index (χ4v) is 6.98. The predicted molar refractivity (Wildman–Crippen MR) is 179 cm³/mol. The zero-order chi connectivity index (χ0) is 30.1. The molecule has 0 atom stereocenters.